The quantitative estimate of drug-likeness (QED) is 0.0240. The molecule has 146 heavy (non-hydrogen) atoms. The summed E-state index contributed by atoms with van der Waals surface area (Å²) >= 11 is 0. The van der Waals surface area contributed by atoms with Crippen LogP contribution in [0.3, 0.4) is 0 Å². The molecule has 0 radical (unpaired) electrons. The lowest BCUT2D eigenvalue weighted by Gasteiger charge is -2.70. The van der Waals surface area contributed by atoms with Gasteiger partial charge in [0.15, 0.2) is 46.0 Å². The number of hydrogen-bond acceptors (Lipinski definition) is 17. The van der Waals surface area contributed by atoms with Crippen molar-refractivity contribution in [2.45, 2.75) is 432 Å². The van der Waals surface area contributed by atoms with Crippen molar-refractivity contribution in [1.29, 1.82) is 5.26 Å². The molecule has 0 amide bonds. The van der Waals surface area contributed by atoms with Gasteiger partial charge in [0.05, 0.1) is 31.4 Å². The van der Waals surface area contributed by atoms with E-state index >= 15 is 0 Å². The van der Waals surface area contributed by atoms with Crippen molar-refractivity contribution in [3.8, 4) is 52.1 Å². The minimum atomic E-state index is -0.457. The van der Waals surface area contributed by atoms with Gasteiger partial charge in [-0.05, 0) is 421 Å². The molecule has 20 rings (SSSR count). The number of ether oxygens (including phenoxy) is 1. The fourth-order valence-corrected chi connectivity index (χ4v) is 37.8. The zero-order valence-electron chi connectivity index (χ0n) is 94.2. The second kappa shape index (κ2) is 34.8. The summed E-state index contributed by atoms with van der Waals surface area (Å²) in [4.78, 5) is 75.3. The first-order chi connectivity index (χ1) is 67.4. The van der Waals surface area contributed by atoms with Gasteiger partial charge in [-0.1, -0.05) is 191 Å². The van der Waals surface area contributed by atoms with E-state index < -0.39 is 11.8 Å². The maximum atomic E-state index is 12.8. The highest BCUT2D eigenvalue weighted by molar-refractivity contribution is 5.84. The lowest BCUT2D eigenvalue weighted by atomic mass is 9.34. The Labute approximate surface area is 871 Å². The summed E-state index contributed by atoms with van der Waals surface area (Å²) in [6, 6.07) is 9.50. The molecule has 0 aromatic heterocycles. The highest BCUT2D eigenvalue weighted by Crippen LogP contribution is 2.82. The van der Waals surface area contributed by atoms with Crippen LogP contribution in [0.25, 0.3) is 0 Å². The summed E-state index contributed by atoms with van der Waals surface area (Å²) < 4.78 is 5.09. The predicted molar refractivity (Wildman–Crippen MR) is 575 cm³/mol. The average molecular weight is 2000 g/mol. The van der Waals surface area contributed by atoms with Gasteiger partial charge in [0, 0.05) is 60.1 Å². The lowest BCUT2D eigenvalue weighted by molar-refractivity contribution is -0.481. The van der Waals surface area contributed by atoms with E-state index in [1.165, 1.54) is 46.9 Å². The van der Waals surface area contributed by atoms with Crippen molar-refractivity contribution in [2.24, 2.45) is 110 Å². The van der Waals surface area contributed by atoms with Crippen LogP contribution in [0.4, 0.5) is 0 Å². The maximum Gasteiger partial charge on any atom is 0.306 e. The molecule has 0 spiro atoms. The highest BCUT2D eigenvalue weighted by Gasteiger charge is 2.74. The van der Waals surface area contributed by atoms with Crippen LogP contribution < -0.4 is 0 Å². The third-order valence-corrected chi connectivity index (χ3v) is 49.7. The van der Waals surface area contributed by atoms with E-state index in [0.717, 1.165) is 219 Å². The Morgan fingerprint density at radius 1 is 0.370 bits per heavy atom. The summed E-state index contributed by atoms with van der Waals surface area (Å²) in [6.07, 6.45) is 41.1. The second-order valence-corrected chi connectivity index (χ2v) is 56.3. The van der Waals surface area contributed by atoms with Crippen molar-refractivity contribution in [3.63, 3.8) is 0 Å². The van der Waals surface area contributed by atoms with Crippen LogP contribution in [-0.4, -0.2) is 88.5 Å². The number of carbonyl (C=O) groups is 5. The normalized spacial score (nSPS) is 42.9. The zero-order chi connectivity index (χ0) is 108. The average Bonchev–Trinajstić information content (AvgIpc) is 0.681. The summed E-state index contributed by atoms with van der Waals surface area (Å²) in [7, 11) is 1.42. The monoisotopic (exact) mass is 2000 g/mol. The predicted octanol–water partition coefficient (Wildman–Crippen LogP) is 29.7. The van der Waals surface area contributed by atoms with E-state index in [2.05, 4.69) is 175 Å². The zero-order valence-corrected chi connectivity index (χ0v) is 94.2. The number of nitriles is 1. The molecule has 0 heterocycles. The summed E-state index contributed by atoms with van der Waals surface area (Å²) in [5.41, 5.74) is 14.4. The number of phenolic OH excluding ortho intramolecular Hbond substituents is 8. The minimum Gasteiger partial charge on any atom is -0.504 e. The SMILES string of the molecule is C=CCC1C=C2[C@@](C)(CC[C@@]3(C)[C@@H]4C[C@](C)(C(C)=O)CC[C@]4(C)CC[C@]23C)c2cc(O)c(O)c(C)c21.CC(=O)[C@]1(C)CC[C@]2(C)CC[C@]3(C)C4=CC(C#N)c5c(cc(O)c(O)c5C)[C@]4(C)CC[C@@]3(C)[C@@H]2C1.CC(=O)[C@]1(C)CC[C@]2(C)CC[C@]3(C)C4=C[C@@H](C[N+](=O)[O-])c5c(cc(O)c(O)c5C)[C@]4(C)CC[C@@]3(C)[C@@H]2C1.COC(=O)C[C@@H]1C=C2[C@@](C)(CC[C@@]3(C)[C@@H]4C[C@](C)(C(C)=O)CC[C@]4(C)CC[C@]23C)c2cc(O)c(O)c(C)c21. The van der Waals surface area contributed by atoms with Crippen LogP contribution in [0, 0.1) is 159 Å². The Hall–Kier alpha value is -8.98. The van der Waals surface area contributed by atoms with E-state index in [0.29, 0.717) is 57.7 Å². The van der Waals surface area contributed by atoms with Gasteiger partial charge in [0.1, 0.15) is 23.1 Å². The molecule has 4 aromatic rings. The Kier molecular flexibility index (Phi) is 25.8. The number of benzene rings is 4. The first-order valence-corrected chi connectivity index (χ1v) is 55.8. The van der Waals surface area contributed by atoms with Crippen LogP contribution in [0.2, 0.25) is 0 Å². The number of ketones is 4. The Balaban J connectivity index is 0.000000133. The highest BCUT2D eigenvalue weighted by atomic mass is 16.6. The molecule has 0 bridgehead atoms. The molecule has 2 unspecified atom stereocenters. The van der Waals surface area contributed by atoms with Crippen LogP contribution in [-0.2, 0) is 50.4 Å². The fourth-order valence-electron chi connectivity index (χ4n) is 37.8. The molecule has 12 fully saturated rings. The maximum absolute atomic E-state index is 12.8. The molecule has 16 aliphatic carbocycles. The minimum absolute atomic E-state index is 0.00377. The lowest BCUT2D eigenvalue weighted by Crippen LogP contribution is -2.62. The van der Waals surface area contributed by atoms with E-state index in [9.17, 15) is 80.2 Å². The second-order valence-electron chi connectivity index (χ2n) is 56.3. The molecule has 794 valence electrons. The molecular formula is C128H176N2O16. The number of phenols is 8. The number of esters is 1. The molecule has 18 heteroatoms. The summed E-state index contributed by atoms with van der Waals surface area (Å²) in [5, 5.41) is 107. The Bertz CT molecular complexity index is 6380. The largest absolute Gasteiger partial charge is 0.504 e. The van der Waals surface area contributed by atoms with Gasteiger partial charge in [0.25, 0.3) is 0 Å². The van der Waals surface area contributed by atoms with Gasteiger partial charge >= 0.3 is 5.97 Å². The Morgan fingerprint density at radius 3 is 0.870 bits per heavy atom. The van der Waals surface area contributed by atoms with Gasteiger partial charge in [-0.15, -0.1) is 6.58 Å². The molecule has 28 atom stereocenters. The number of nitro groups is 1. The van der Waals surface area contributed by atoms with Gasteiger partial charge in [0.2, 0.25) is 6.54 Å². The number of nitrogens with zero attached hydrogens (tertiary/aromatic N) is 2. The van der Waals surface area contributed by atoms with Crippen molar-refractivity contribution in [1.82, 2.24) is 0 Å². The van der Waals surface area contributed by atoms with E-state index in [4.69, 9.17) is 4.74 Å². The number of Topliss-reactive ketones (excluding diaryl/α,β-unsaturated/α-hetero) is 4. The number of rotatable bonds is 10. The molecule has 0 aliphatic heterocycles. The first kappa shape index (κ1) is 108. The number of hydrogen-bond donors (Lipinski definition) is 8. The fraction of sp³-hybridized carbons (Fsp3) is 0.688. The Morgan fingerprint density at radius 2 is 0.610 bits per heavy atom. The van der Waals surface area contributed by atoms with Gasteiger partial charge in [-0.25, -0.2) is 0 Å². The third-order valence-electron chi connectivity index (χ3n) is 49.7. The van der Waals surface area contributed by atoms with E-state index in [1.54, 1.807) is 52.8 Å². The van der Waals surface area contributed by atoms with Crippen molar-refractivity contribution < 1.29 is 74.5 Å². The van der Waals surface area contributed by atoms with Crippen molar-refractivity contribution in [3.05, 3.63) is 160 Å². The standard InChI is InChI=1S/C33H46O5.C33H46O3.C31H43NO5.C31H41NO3/c1-19-27-21(16-26(36)38-8)15-24-31(5,22(27)17-23(35)28(19)37)12-14-33(7)25-18-30(4,20(2)34)10-9-29(25,3)11-13-32(24,33)6;1-9-10-22-17-25-31(6,23-18-24(35)28(36)20(2)27(22)23)14-16-33(8)26-19-30(5,21(3)34)12-11-29(26,4)13-15-32(25,33)7;1-18-25-20(17-32(36)37)14-23-29(5,21(25)15-22(34)26(18)35)11-13-31(7)24-16-28(4,19(2)33)9-8-27(24,3)10-12-30(23,31)6;1-18-25-20(17-32)14-23-29(5,21(25)15-22(34)26(18)35)11-13-31(7)24-16-28(4,19(2)33)9-8-27(24,3)10-12-30(23,31)6/h15,17,21,25,35,37H,9-14,16,18H2,1-8H3;9,17-18,22,26,35-36H,1,10-16,19H2,2-8H3;14-15,20,24,34-35H,8-13,16-17H2,1-7H3;14-15,20,24,34-35H,8-13,16H2,1-7H3/t21-,25+,29+,30+,31-,32+,33-;22?,26-,29-,30-,31+,32-,33+;20-,24+,27+,28+,29-,30+,31-;20?,24-,27-,28-,29+,30-,31+/m0101/s1. The molecule has 4 aromatic carbocycles. The van der Waals surface area contributed by atoms with Gasteiger partial charge in [-0.3, -0.25) is 34.1 Å². The molecule has 16 aliphatic rings. The molecule has 8 N–H and O–H groups in total. The summed E-state index contributed by atoms with van der Waals surface area (Å²) in [5.74, 6) is 1.01. The molecule has 18 nitrogen and oxygen atoms in total. The van der Waals surface area contributed by atoms with Gasteiger partial charge in [-0.2, -0.15) is 5.26 Å². The van der Waals surface area contributed by atoms with E-state index in [-0.39, 0.29) is 196 Å². The van der Waals surface area contributed by atoms with Gasteiger partial charge < -0.3 is 45.6 Å². The first-order valence-electron chi connectivity index (χ1n) is 55.8. The number of allylic oxidation sites excluding steroid dienone is 8. The number of methoxy groups -OCH3 is 1. The topological polar surface area (TPSA) is 323 Å². The van der Waals surface area contributed by atoms with Crippen LogP contribution >= 0.6 is 0 Å². The van der Waals surface area contributed by atoms with Crippen molar-refractivity contribution in [2.75, 3.05) is 13.7 Å². The van der Waals surface area contributed by atoms with E-state index in [1.807, 2.05) is 32.9 Å². The van der Waals surface area contributed by atoms with Crippen molar-refractivity contribution >= 4 is 29.1 Å². The third kappa shape index (κ3) is 15.0. The van der Waals surface area contributed by atoms with Crippen LogP contribution in [0.1, 0.15) is 449 Å². The van der Waals surface area contributed by atoms with Crippen LogP contribution in [0.15, 0.2) is 83.5 Å². The number of carbonyl (C=O) groups excluding carboxylic acids is 5. The number of aromatic hydroxyl groups is 8. The molecular weight excluding hydrogens is 1820 g/mol. The smallest absolute Gasteiger partial charge is 0.306 e. The van der Waals surface area contributed by atoms with Crippen LogP contribution in [0.5, 0.6) is 46.0 Å². The molecule has 12 saturated carbocycles. The molecule has 0 saturated heterocycles. The number of fused-ring (bicyclic) bond motifs is 28. The summed E-state index contributed by atoms with van der Waals surface area (Å²) in [6.45, 7) is 65.7.